The van der Waals surface area contributed by atoms with E-state index >= 15 is 0 Å². The molecule has 24 unspecified atom stereocenters. The maximum Gasteiger partial charge on any atom is 0.309 e. The Morgan fingerprint density at radius 3 is 1.62 bits per heavy atom. The van der Waals surface area contributed by atoms with E-state index in [-0.39, 0.29) is 11.9 Å². The Kier molecular flexibility index (Phi) is 12.4. The van der Waals surface area contributed by atoms with Crippen LogP contribution in [0.25, 0.3) is 0 Å². The molecule has 0 spiro atoms. The number of hydrogen-bond donors (Lipinski definition) is 0. The summed E-state index contributed by atoms with van der Waals surface area (Å²) in [6.45, 7) is 9.21. The molecule has 0 radical (unpaired) electrons. The Hall–Kier alpha value is -1.26. The lowest BCUT2D eigenvalue weighted by Crippen LogP contribution is -2.34. The fourth-order valence-corrected chi connectivity index (χ4v) is 12.6. The summed E-state index contributed by atoms with van der Waals surface area (Å²) in [4.78, 5) is 20.0. The second-order valence-corrected chi connectivity index (χ2v) is 21.5. The van der Waals surface area contributed by atoms with Crippen LogP contribution in [-0.2, 0) is 61.7 Å². The highest BCUT2D eigenvalue weighted by Crippen LogP contribution is 2.48. The van der Waals surface area contributed by atoms with E-state index in [0.717, 1.165) is 70.0 Å². The van der Waals surface area contributed by atoms with Crippen molar-refractivity contribution in [1.29, 1.82) is 0 Å². The summed E-state index contributed by atoms with van der Waals surface area (Å²) in [6, 6.07) is 0. The van der Waals surface area contributed by atoms with Gasteiger partial charge in [0.05, 0.1) is 123 Å². The van der Waals surface area contributed by atoms with Crippen LogP contribution in [0.5, 0.6) is 0 Å². The number of esters is 1. The van der Waals surface area contributed by atoms with Gasteiger partial charge in [0.15, 0.2) is 0 Å². The van der Waals surface area contributed by atoms with E-state index in [4.69, 9.17) is 56.9 Å². The SMILES string of the molecule is C1CC2OC2C1OC1CCC2OC12.C1CC2OC2CC1C1CO1.C=O.CC1CC2OC2CC1COC1CC2OC2CC1C.O=C(OCC1CCC2OC2C1)C1CCC2OC2C1. The lowest BCUT2D eigenvalue weighted by Gasteiger charge is -2.31. The minimum Gasteiger partial charge on any atom is -0.465 e. The number of ether oxygens (including phenoxy) is 11. The molecule has 8 heterocycles. The first-order valence-electron chi connectivity index (χ1n) is 24.8. The van der Waals surface area contributed by atoms with Crippen LogP contribution in [0, 0.1) is 35.5 Å². The topological polar surface area (TPSA) is 162 Å². The smallest absolute Gasteiger partial charge is 0.309 e. The van der Waals surface area contributed by atoms with E-state index in [0.29, 0.717) is 134 Å². The highest BCUT2D eigenvalue weighted by atomic mass is 16.7. The lowest BCUT2D eigenvalue weighted by molar-refractivity contribution is -0.151. The largest absolute Gasteiger partial charge is 0.465 e. The molecule has 0 N–H and O–H groups in total. The molecule has 13 nitrogen and oxygen atoms in total. The molecule has 15 rings (SSSR count). The number of carbonyl (C=O) groups is 2. The molecule has 13 heteroatoms. The van der Waals surface area contributed by atoms with Crippen molar-refractivity contribution >= 4 is 12.8 Å². The minimum atomic E-state index is 0.00258. The van der Waals surface area contributed by atoms with E-state index in [1.807, 2.05) is 6.79 Å². The van der Waals surface area contributed by atoms with Crippen LogP contribution >= 0.6 is 0 Å². The van der Waals surface area contributed by atoms with E-state index in [1.165, 1.54) is 64.2 Å². The molecule has 15 aliphatic rings. The van der Waals surface area contributed by atoms with Gasteiger partial charge in [-0.1, -0.05) is 13.8 Å². The maximum absolute atomic E-state index is 12.0. The Balaban J connectivity index is 0.0000000924. The fraction of sp³-hybridized carbons (Fsp3) is 0.958. The second kappa shape index (κ2) is 17.9. The summed E-state index contributed by atoms with van der Waals surface area (Å²) < 4.78 is 61.6. The monoisotopic (exact) mass is 856 g/mol. The third-order valence-corrected chi connectivity index (χ3v) is 17.2. The molecule has 0 bridgehead atoms. The van der Waals surface area contributed by atoms with E-state index in [1.54, 1.807) is 0 Å². The van der Waals surface area contributed by atoms with Crippen molar-refractivity contribution < 1.29 is 61.7 Å². The fourth-order valence-electron chi connectivity index (χ4n) is 12.6. The number of carbonyl (C=O) groups excluding carboxylic acids is 2. The zero-order valence-electron chi connectivity index (χ0n) is 36.5. The van der Waals surface area contributed by atoms with Gasteiger partial charge in [-0.25, -0.2) is 0 Å². The Labute approximate surface area is 361 Å². The highest BCUT2D eigenvalue weighted by molar-refractivity contribution is 5.72. The second-order valence-electron chi connectivity index (χ2n) is 21.5. The van der Waals surface area contributed by atoms with E-state index in [9.17, 15) is 4.79 Å². The molecule has 7 aliphatic carbocycles. The predicted octanol–water partition coefficient (Wildman–Crippen LogP) is 5.68. The first kappa shape index (κ1) is 42.4. The summed E-state index contributed by atoms with van der Waals surface area (Å²) >= 11 is 0. The van der Waals surface area contributed by atoms with Crippen molar-refractivity contribution in [3.8, 4) is 0 Å². The van der Waals surface area contributed by atoms with Crippen LogP contribution in [-0.4, -0.2) is 142 Å². The van der Waals surface area contributed by atoms with Crippen LogP contribution in [0.2, 0.25) is 0 Å². The van der Waals surface area contributed by atoms with Crippen molar-refractivity contribution in [2.75, 3.05) is 19.8 Å². The zero-order chi connectivity index (χ0) is 41.4. The molecule has 15 fully saturated rings. The first-order valence-corrected chi connectivity index (χ1v) is 24.8. The van der Waals surface area contributed by atoms with E-state index in [2.05, 4.69) is 13.8 Å². The summed E-state index contributed by atoms with van der Waals surface area (Å²) in [5.74, 6) is 3.58. The molecule has 0 amide bonds. The predicted molar refractivity (Wildman–Crippen MR) is 218 cm³/mol. The third kappa shape index (κ3) is 10.4. The molecule has 8 saturated heterocycles. The summed E-state index contributed by atoms with van der Waals surface area (Å²) in [5, 5.41) is 0. The van der Waals surface area contributed by atoms with Gasteiger partial charge in [-0.15, -0.1) is 0 Å². The van der Waals surface area contributed by atoms with Crippen molar-refractivity contribution in [3.63, 3.8) is 0 Å². The molecule has 61 heavy (non-hydrogen) atoms. The number of epoxide rings is 8. The Bertz CT molecular complexity index is 1470. The lowest BCUT2D eigenvalue weighted by atomic mass is 9.81. The van der Waals surface area contributed by atoms with Crippen molar-refractivity contribution in [2.45, 2.75) is 233 Å². The third-order valence-electron chi connectivity index (χ3n) is 17.2. The normalized spacial score (nSPS) is 54.1. The van der Waals surface area contributed by atoms with Gasteiger partial charge in [-0.3, -0.25) is 4.79 Å². The van der Waals surface area contributed by atoms with Crippen LogP contribution in [0.4, 0.5) is 0 Å². The Morgan fingerprint density at radius 1 is 0.492 bits per heavy atom. The maximum atomic E-state index is 12.0. The quantitative estimate of drug-likeness (QED) is 0.206. The van der Waals surface area contributed by atoms with Gasteiger partial charge in [0.2, 0.25) is 0 Å². The van der Waals surface area contributed by atoms with Gasteiger partial charge in [0.1, 0.15) is 19.0 Å². The number of fused-ring (bicyclic) bond motifs is 7. The van der Waals surface area contributed by atoms with Gasteiger partial charge < -0.3 is 56.9 Å². The van der Waals surface area contributed by atoms with Crippen LogP contribution in [0.1, 0.15) is 123 Å². The minimum absolute atomic E-state index is 0.00258. The highest BCUT2D eigenvalue weighted by Gasteiger charge is 2.57. The first-order chi connectivity index (χ1) is 29.8. The molecule has 0 aromatic carbocycles. The van der Waals surface area contributed by atoms with Crippen LogP contribution in [0.15, 0.2) is 0 Å². The van der Waals surface area contributed by atoms with Crippen LogP contribution in [0.3, 0.4) is 0 Å². The zero-order valence-corrected chi connectivity index (χ0v) is 36.5. The molecule has 0 aromatic heterocycles. The molecule has 24 atom stereocenters. The number of hydrogen-bond acceptors (Lipinski definition) is 13. The average molecular weight is 857 g/mol. The molecular formula is C48H72O13. The molecule has 8 aliphatic heterocycles. The van der Waals surface area contributed by atoms with Gasteiger partial charge in [0, 0.05) is 6.42 Å². The van der Waals surface area contributed by atoms with Gasteiger partial charge in [-0.2, -0.15) is 0 Å². The standard InChI is InChI=1S/C15H24O3.C14H20O4.C10H14O3.C8H12O2.CH2O/c1-8-3-12-14(17-12)5-10(8)7-16-11-6-15-13(18-15)4-9(11)2;15-14(9-2-4-11-13(6-9)18-11)16-7-8-1-3-10-12(5-8)17-10;1-3-7-9(12-7)5(1)11-6-2-4-8-10(6)13-8;1-2-6-7(10-6)3-5(1)8-4-9-8;1-2/h8-15H,3-7H2,1-2H3;8-13H,1-7H2;5-10H,1-4H2;5-8H,1-4H2;1H2. The molecule has 0 aromatic rings. The van der Waals surface area contributed by atoms with Gasteiger partial charge >= 0.3 is 5.97 Å². The average Bonchev–Trinajstić information content (AvgIpc) is 4.06. The van der Waals surface area contributed by atoms with Gasteiger partial charge in [0.25, 0.3) is 0 Å². The van der Waals surface area contributed by atoms with Gasteiger partial charge in [-0.05, 0) is 132 Å². The van der Waals surface area contributed by atoms with Crippen LogP contribution < -0.4 is 0 Å². The van der Waals surface area contributed by atoms with Crippen molar-refractivity contribution in [3.05, 3.63) is 0 Å². The summed E-state index contributed by atoms with van der Waals surface area (Å²) in [7, 11) is 0. The van der Waals surface area contributed by atoms with E-state index < -0.39 is 0 Å². The number of rotatable bonds is 9. The Morgan fingerprint density at radius 2 is 1.03 bits per heavy atom. The summed E-state index contributed by atoms with van der Waals surface area (Å²) in [6.07, 6.45) is 28.8. The van der Waals surface area contributed by atoms with Crippen molar-refractivity contribution in [2.24, 2.45) is 35.5 Å². The molecule has 7 saturated carbocycles. The van der Waals surface area contributed by atoms with Crippen molar-refractivity contribution in [1.82, 2.24) is 0 Å². The molecular weight excluding hydrogens is 785 g/mol. The summed E-state index contributed by atoms with van der Waals surface area (Å²) in [5.41, 5.74) is 0. The molecule has 342 valence electrons.